The molecule has 0 amide bonds. The summed E-state index contributed by atoms with van der Waals surface area (Å²) >= 11 is 5.64. The maximum absolute atomic E-state index is 5.64. The summed E-state index contributed by atoms with van der Waals surface area (Å²) in [7, 11) is 0. The second kappa shape index (κ2) is 6.84. The van der Waals surface area contributed by atoms with Crippen molar-refractivity contribution in [1.82, 2.24) is 0 Å². The molecular weight excluding hydrogens is 244 g/mol. The van der Waals surface area contributed by atoms with Crippen molar-refractivity contribution in [3.8, 4) is 5.75 Å². The molecule has 1 aromatic carbocycles. The summed E-state index contributed by atoms with van der Waals surface area (Å²) < 4.78 is 5.47. The lowest BCUT2D eigenvalue weighted by Gasteiger charge is -2.27. The van der Waals surface area contributed by atoms with E-state index >= 15 is 0 Å². The first-order valence-corrected chi connectivity index (χ1v) is 7.26. The molecule has 1 aliphatic rings. The fourth-order valence-electron chi connectivity index (χ4n) is 2.75. The summed E-state index contributed by atoms with van der Waals surface area (Å²) in [6.07, 6.45) is 7.16. The van der Waals surface area contributed by atoms with E-state index in [9.17, 15) is 0 Å². The van der Waals surface area contributed by atoms with Crippen LogP contribution in [0.25, 0.3) is 0 Å². The van der Waals surface area contributed by atoms with E-state index in [0.29, 0.717) is 11.8 Å². The lowest BCUT2D eigenvalue weighted by atomic mass is 9.79. The van der Waals surface area contributed by atoms with Crippen LogP contribution in [0.3, 0.4) is 0 Å². The van der Waals surface area contributed by atoms with Gasteiger partial charge in [-0.25, -0.2) is 0 Å². The molecule has 1 aromatic rings. The number of halogens is 1. The lowest BCUT2D eigenvalue weighted by Crippen LogP contribution is -2.11. The molecule has 0 atom stereocenters. The number of benzene rings is 1. The first-order valence-electron chi connectivity index (χ1n) is 6.83. The van der Waals surface area contributed by atoms with Gasteiger partial charge in [-0.15, -0.1) is 0 Å². The molecule has 0 unspecified atom stereocenters. The second-order valence-electron chi connectivity index (χ2n) is 4.93. The zero-order valence-electron chi connectivity index (χ0n) is 10.9. The normalized spacial score (nSPS) is 24.3. The fraction of sp³-hybridized carbons (Fsp3) is 0.500. The van der Waals surface area contributed by atoms with Crippen LogP contribution in [0.2, 0.25) is 0 Å². The van der Waals surface area contributed by atoms with Gasteiger partial charge in [0, 0.05) is 5.54 Å². The molecule has 2 rings (SSSR count). The first-order chi connectivity index (χ1) is 8.83. The zero-order valence-corrected chi connectivity index (χ0v) is 11.7. The Balaban J connectivity index is 1.92. The van der Waals surface area contributed by atoms with E-state index in [0.717, 1.165) is 12.4 Å². The number of allylic oxidation sites excluding steroid dienone is 1. The molecule has 98 valence electrons. The molecule has 18 heavy (non-hydrogen) atoms. The van der Waals surface area contributed by atoms with Gasteiger partial charge in [-0.3, -0.25) is 0 Å². The van der Waals surface area contributed by atoms with E-state index in [2.05, 4.69) is 30.3 Å². The van der Waals surface area contributed by atoms with E-state index in [1.807, 2.05) is 6.92 Å². The van der Waals surface area contributed by atoms with Crippen molar-refractivity contribution in [1.29, 1.82) is 0 Å². The van der Waals surface area contributed by atoms with Gasteiger partial charge >= 0.3 is 0 Å². The van der Waals surface area contributed by atoms with E-state index < -0.39 is 0 Å². The van der Waals surface area contributed by atoms with E-state index in [-0.39, 0.29) is 0 Å². The molecule has 0 radical (unpaired) electrons. The minimum atomic E-state index is 0.682. The van der Waals surface area contributed by atoms with Gasteiger partial charge in [0.2, 0.25) is 0 Å². The molecule has 0 aromatic heterocycles. The van der Waals surface area contributed by atoms with Crippen LogP contribution in [0.5, 0.6) is 5.75 Å². The molecule has 2 heteroatoms. The summed E-state index contributed by atoms with van der Waals surface area (Å²) in [5.41, 5.74) is 3.12. The Labute approximate surface area is 115 Å². The Hall–Kier alpha value is -0.950. The Kier molecular flexibility index (Phi) is 5.12. The van der Waals surface area contributed by atoms with Gasteiger partial charge in [-0.1, -0.05) is 29.8 Å². The van der Waals surface area contributed by atoms with Crippen LogP contribution in [-0.4, -0.2) is 6.61 Å². The summed E-state index contributed by atoms with van der Waals surface area (Å²) in [5.74, 6) is 2.36. The van der Waals surface area contributed by atoms with Crippen LogP contribution >= 0.6 is 11.6 Å². The van der Waals surface area contributed by atoms with Crippen LogP contribution in [0, 0.1) is 5.92 Å². The average Bonchev–Trinajstić information content (AvgIpc) is 2.41. The molecule has 1 saturated carbocycles. The third kappa shape index (κ3) is 3.52. The molecule has 0 heterocycles. The van der Waals surface area contributed by atoms with Crippen molar-refractivity contribution >= 4 is 11.6 Å². The van der Waals surface area contributed by atoms with Gasteiger partial charge in [-0.05, 0) is 62.1 Å². The van der Waals surface area contributed by atoms with Gasteiger partial charge in [0.1, 0.15) is 5.75 Å². The largest absolute Gasteiger partial charge is 0.494 e. The number of hydrogen-bond donors (Lipinski definition) is 0. The molecular formula is C16H21ClO. The molecule has 0 aliphatic heterocycles. The van der Waals surface area contributed by atoms with Gasteiger partial charge in [-0.2, -0.15) is 0 Å². The lowest BCUT2D eigenvalue weighted by molar-refractivity contribution is 0.339. The van der Waals surface area contributed by atoms with E-state index in [1.54, 1.807) is 5.54 Å². The topological polar surface area (TPSA) is 9.23 Å². The predicted molar refractivity (Wildman–Crippen MR) is 77.3 cm³/mol. The quantitative estimate of drug-likeness (QED) is 0.734. The minimum Gasteiger partial charge on any atom is -0.494 e. The third-order valence-corrected chi connectivity index (χ3v) is 3.92. The average molecular weight is 265 g/mol. The van der Waals surface area contributed by atoms with E-state index in [4.69, 9.17) is 16.3 Å². The van der Waals surface area contributed by atoms with Crippen molar-refractivity contribution < 1.29 is 4.74 Å². The molecule has 0 N–H and O–H groups in total. The highest BCUT2D eigenvalue weighted by atomic mass is 35.5. The zero-order chi connectivity index (χ0) is 12.8. The van der Waals surface area contributed by atoms with Gasteiger partial charge in [0.05, 0.1) is 6.61 Å². The molecule has 1 fully saturated rings. The van der Waals surface area contributed by atoms with Crippen molar-refractivity contribution in [3.05, 3.63) is 41.4 Å². The molecule has 1 aliphatic carbocycles. The summed E-state index contributed by atoms with van der Waals surface area (Å²) in [5, 5.41) is 0. The first kappa shape index (κ1) is 13.5. The molecule has 0 spiro atoms. The van der Waals surface area contributed by atoms with Crippen LogP contribution in [0.1, 0.15) is 44.1 Å². The number of hydrogen-bond acceptors (Lipinski definition) is 1. The summed E-state index contributed by atoms with van der Waals surface area (Å²) in [6, 6.07) is 8.61. The Bertz CT molecular complexity index is 375. The molecule has 1 nitrogen and oxygen atoms in total. The Morgan fingerprint density at radius 3 is 2.39 bits per heavy atom. The van der Waals surface area contributed by atoms with Gasteiger partial charge in [0.15, 0.2) is 0 Å². The third-order valence-electron chi connectivity index (χ3n) is 3.78. The maximum Gasteiger partial charge on any atom is 0.119 e. The highest BCUT2D eigenvalue weighted by Gasteiger charge is 2.20. The number of rotatable bonds is 4. The van der Waals surface area contributed by atoms with Crippen LogP contribution in [-0.2, 0) is 0 Å². The molecule has 0 bridgehead atoms. The van der Waals surface area contributed by atoms with Crippen molar-refractivity contribution in [3.63, 3.8) is 0 Å². The highest BCUT2D eigenvalue weighted by molar-refractivity contribution is 6.25. The summed E-state index contributed by atoms with van der Waals surface area (Å²) in [6.45, 7) is 2.74. The van der Waals surface area contributed by atoms with Crippen molar-refractivity contribution in [2.75, 3.05) is 6.61 Å². The fourth-order valence-corrected chi connectivity index (χ4v) is 2.96. The smallest absolute Gasteiger partial charge is 0.119 e. The van der Waals surface area contributed by atoms with Crippen molar-refractivity contribution in [2.24, 2.45) is 5.92 Å². The van der Waals surface area contributed by atoms with Crippen LogP contribution < -0.4 is 4.74 Å². The second-order valence-corrected chi connectivity index (χ2v) is 5.18. The highest BCUT2D eigenvalue weighted by Crippen LogP contribution is 2.36. The van der Waals surface area contributed by atoms with Gasteiger partial charge < -0.3 is 4.74 Å². The maximum atomic E-state index is 5.64. The molecule has 0 saturated heterocycles. The minimum absolute atomic E-state index is 0.682. The monoisotopic (exact) mass is 264 g/mol. The van der Waals surface area contributed by atoms with E-state index in [1.165, 1.54) is 31.2 Å². The van der Waals surface area contributed by atoms with Crippen LogP contribution in [0.15, 0.2) is 35.9 Å². The number of ether oxygens (including phenoxy) is 1. The van der Waals surface area contributed by atoms with Crippen molar-refractivity contribution in [2.45, 2.75) is 38.5 Å². The standard InChI is InChI=1S/C16H21ClO/c1-2-18-16-9-7-15(8-10-16)14-5-3-13(4-6-14)11-12-17/h7-14H,2-6H2,1H3. The van der Waals surface area contributed by atoms with Crippen LogP contribution in [0.4, 0.5) is 0 Å². The van der Waals surface area contributed by atoms with Gasteiger partial charge in [0.25, 0.3) is 0 Å². The predicted octanol–water partition coefficient (Wildman–Crippen LogP) is 5.11. The SMILES string of the molecule is CCOc1ccc(C2CCC(C=CCl)CC2)cc1. The Morgan fingerprint density at radius 2 is 1.83 bits per heavy atom. The summed E-state index contributed by atoms with van der Waals surface area (Å²) in [4.78, 5) is 0. The Morgan fingerprint density at radius 1 is 1.17 bits per heavy atom.